The Hall–Kier alpha value is -2.21. The van der Waals surface area contributed by atoms with Crippen molar-refractivity contribution < 1.29 is 14.7 Å². The fourth-order valence-electron chi connectivity index (χ4n) is 2.49. The van der Waals surface area contributed by atoms with Crippen molar-refractivity contribution in [1.29, 1.82) is 0 Å². The predicted octanol–water partition coefficient (Wildman–Crippen LogP) is 2.36. The number of aromatic nitrogens is 1. The van der Waals surface area contributed by atoms with Gasteiger partial charge in [-0.3, -0.25) is 9.59 Å². The van der Waals surface area contributed by atoms with E-state index in [2.05, 4.69) is 4.98 Å². The summed E-state index contributed by atoms with van der Waals surface area (Å²) in [6.45, 7) is 0.738. The molecular formula is C15H14N2O3S. The Bertz CT molecular complexity index is 669. The molecule has 5 nitrogen and oxygen atoms in total. The zero-order chi connectivity index (χ0) is 14.8. The summed E-state index contributed by atoms with van der Waals surface area (Å²) in [6.07, 6.45) is 0.506. The number of likely N-dealkylation sites (tertiary alicyclic amines) is 1. The van der Waals surface area contributed by atoms with E-state index in [4.69, 9.17) is 5.11 Å². The lowest BCUT2D eigenvalue weighted by Gasteiger charge is -2.15. The van der Waals surface area contributed by atoms with Gasteiger partial charge in [0.1, 0.15) is 5.69 Å². The third-order valence-electron chi connectivity index (χ3n) is 3.63. The number of carbonyl (C=O) groups is 2. The SMILES string of the molecule is O=C(O)C1CCN(C(=O)c2ncsc2-c2ccccc2)C1. The van der Waals surface area contributed by atoms with Crippen LogP contribution in [0.15, 0.2) is 35.8 Å². The first-order valence-electron chi connectivity index (χ1n) is 6.68. The molecule has 1 aromatic heterocycles. The van der Waals surface area contributed by atoms with Gasteiger partial charge in [0.2, 0.25) is 0 Å². The van der Waals surface area contributed by atoms with Crippen LogP contribution in [-0.2, 0) is 4.79 Å². The Morgan fingerprint density at radius 2 is 2.05 bits per heavy atom. The molecule has 1 N–H and O–H groups in total. The van der Waals surface area contributed by atoms with Gasteiger partial charge >= 0.3 is 5.97 Å². The lowest BCUT2D eigenvalue weighted by molar-refractivity contribution is -0.141. The summed E-state index contributed by atoms with van der Waals surface area (Å²) in [5, 5.41) is 9.02. The van der Waals surface area contributed by atoms with E-state index < -0.39 is 11.9 Å². The Balaban J connectivity index is 1.84. The van der Waals surface area contributed by atoms with Crippen molar-refractivity contribution in [2.45, 2.75) is 6.42 Å². The van der Waals surface area contributed by atoms with E-state index in [0.717, 1.165) is 10.4 Å². The van der Waals surface area contributed by atoms with E-state index in [1.165, 1.54) is 11.3 Å². The molecule has 21 heavy (non-hydrogen) atoms. The van der Waals surface area contributed by atoms with Gasteiger partial charge in [-0.1, -0.05) is 30.3 Å². The van der Waals surface area contributed by atoms with E-state index in [1.807, 2.05) is 30.3 Å². The quantitative estimate of drug-likeness (QED) is 0.945. The minimum absolute atomic E-state index is 0.182. The highest BCUT2D eigenvalue weighted by Crippen LogP contribution is 2.29. The van der Waals surface area contributed by atoms with E-state index in [0.29, 0.717) is 18.7 Å². The number of amides is 1. The molecule has 1 aromatic carbocycles. The molecule has 108 valence electrons. The summed E-state index contributed by atoms with van der Waals surface area (Å²) < 4.78 is 0. The molecule has 1 aliphatic rings. The summed E-state index contributed by atoms with van der Waals surface area (Å²) in [7, 11) is 0. The van der Waals surface area contributed by atoms with Gasteiger partial charge in [-0.15, -0.1) is 11.3 Å². The summed E-state index contributed by atoms with van der Waals surface area (Å²) in [5.74, 6) is -1.49. The van der Waals surface area contributed by atoms with Crippen LogP contribution in [0.1, 0.15) is 16.9 Å². The number of hydrogen-bond acceptors (Lipinski definition) is 4. The van der Waals surface area contributed by atoms with Crippen LogP contribution in [0, 0.1) is 5.92 Å². The standard InChI is InChI=1S/C15H14N2O3S/c18-14(17-7-6-11(8-17)15(19)20)12-13(21-9-16-12)10-4-2-1-3-5-10/h1-5,9,11H,6-8H2,(H,19,20). The van der Waals surface area contributed by atoms with E-state index in [9.17, 15) is 9.59 Å². The van der Waals surface area contributed by atoms with E-state index in [-0.39, 0.29) is 12.5 Å². The number of nitrogens with zero attached hydrogens (tertiary/aromatic N) is 2. The van der Waals surface area contributed by atoms with Crippen LogP contribution < -0.4 is 0 Å². The highest BCUT2D eigenvalue weighted by atomic mass is 32.1. The van der Waals surface area contributed by atoms with Gasteiger partial charge in [-0.25, -0.2) is 4.98 Å². The normalized spacial score (nSPS) is 17.9. The van der Waals surface area contributed by atoms with Gasteiger partial charge in [0.25, 0.3) is 5.91 Å². The molecule has 3 rings (SSSR count). The molecular weight excluding hydrogens is 288 g/mol. The molecule has 6 heteroatoms. The predicted molar refractivity (Wildman–Crippen MR) is 79.2 cm³/mol. The molecule has 2 heterocycles. The lowest BCUT2D eigenvalue weighted by atomic mass is 10.1. The van der Waals surface area contributed by atoms with Gasteiger partial charge in [-0.05, 0) is 12.0 Å². The van der Waals surface area contributed by atoms with Gasteiger partial charge in [0.15, 0.2) is 0 Å². The van der Waals surface area contributed by atoms with E-state index >= 15 is 0 Å². The van der Waals surface area contributed by atoms with Crippen LogP contribution in [-0.4, -0.2) is 40.0 Å². The Morgan fingerprint density at radius 3 is 2.71 bits per heavy atom. The topological polar surface area (TPSA) is 70.5 Å². The molecule has 1 atom stereocenters. The first kappa shape index (κ1) is 13.8. The number of carboxylic acids is 1. The average molecular weight is 302 g/mol. The molecule has 1 amide bonds. The lowest BCUT2D eigenvalue weighted by Crippen LogP contribution is -2.30. The number of thiazole rings is 1. The van der Waals surface area contributed by atoms with Gasteiger partial charge in [0, 0.05) is 13.1 Å². The maximum atomic E-state index is 12.5. The smallest absolute Gasteiger partial charge is 0.308 e. The second kappa shape index (κ2) is 5.65. The average Bonchev–Trinajstić information content (AvgIpc) is 3.17. The maximum Gasteiger partial charge on any atom is 0.308 e. The molecule has 0 saturated carbocycles. The number of carboxylic acid groups (broad SMARTS) is 1. The zero-order valence-corrected chi connectivity index (χ0v) is 12.0. The van der Waals surface area contributed by atoms with Gasteiger partial charge in [-0.2, -0.15) is 0 Å². The monoisotopic (exact) mass is 302 g/mol. The van der Waals surface area contributed by atoms with Crippen molar-refractivity contribution in [1.82, 2.24) is 9.88 Å². The molecule has 1 aliphatic heterocycles. The van der Waals surface area contributed by atoms with Crippen LogP contribution in [0.5, 0.6) is 0 Å². The molecule has 1 fully saturated rings. The molecule has 0 aliphatic carbocycles. The summed E-state index contributed by atoms with van der Waals surface area (Å²) in [6, 6.07) is 9.63. The fraction of sp³-hybridized carbons (Fsp3) is 0.267. The molecule has 0 spiro atoms. The largest absolute Gasteiger partial charge is 0.481 e. The maximum absolute atomic E-state index is 12.5. The van der Waals surface area contributed by atoms with Crippen molar-refractivity contribution in [2.75, 3.05) is 13.1 Å². The molecule has 0 bridgehead atoms. The number of rotatable bonds is 3. The summed E-state index contributed by atoms with van der Waals surface area (Å²) in [4.78, 5) is 30.1. The highest BCUT2D eigenvalue weighted by Gasteiger charge is 2.33. The van der Waals surface area contributed by atoms with Crippen molar-refractivity contribution in [3.05, 3.63) is 41.5 Å². The van der Waals surface area contributed by atoms with Crippen LogP contribution in [0.25, 0.3) is 10.4 Å². The first-order valence-corrected chi connectivity index (χ1v) is 7.56. The first-order chi connectivity index (χ1) is 10.2. The summed E-state index contributed by atoms with van der Waals surface area (Å²) >= 11 is 1.42. The van der Waals surface area contributed by atoms with Gasteiger partial charge in [0.05, 0.1) is 16.3 Å². The number of hydrogen-bond donors (Lipinski definition) is 1. The van der Waals surface area contributed by atoms with Crippen molar-refractivity contribution >= 4 is 23.2 Å². The minimum atomic E-state index is -0.841. The van der Waals surface area contributed by atoms with Crippen molar-refractivity contribution in [3.8, 4) is 10.4 Å². The minimum Gasteiger partial charge on any atom is -0.481 e. The number of carbonyl (C=O) groups excluding carboxylic acids is 1. The second-order valence-electron chi connectivity index (χ2n) is 4.97. The van der Waals surface area contributed by atoms with Crippen LogP contribution in [0.4, 0.5) is 0 Å². The van der Waals surface area contributed by atoms with Crippen molar-refractivity contribution in [2.24, 2.45) is 5.92 Å². The van der Waals surface area contributed by atoms with Crippen LogP contribution in [0.2, 0.25) is 0 Å². The van der Waals surface area contributed by atoms with Gasteiger partial charge < -0.3 is 10.0 Å². The highest BCUT2D eigenvalue weighted by molar-refractivity contribution is 7.13. The van der Waals surface area contributed by atoms with Crippen LogP contribution in [0.3, 0.4) is 0 Å². The number of benzene rings is 1. The molecule has 1 unspecified atom stereocenters. The Labute approximate surface area is 125 Å². The summed E-state index contributed by atoms with van der Waals surface area (Å²) in [5.41, 5.74) is 3.02. The second-order valence-corrected chi connectivity index (χ2v) is 5.83. The molecule has 2 aromatic rings. The van der Waals surface area contributed by atoms with Crippen LogP contribution >= 0.6 is 11.3 Å². The molecule has 1 saturated heterocycles. The number of aliphatic carboxylic acids is 1. The fourth-order valence-corrected chi connectivity index (χ4v) is 3.28. The molecule has 0 radical (unpaired) electrons. The third-order valence-corrected chi connectivity index (χ3v) is 4.51. The third kappa shape index (κ3) is 2.67. The van der Waals surface area contributed by atoms with Crippen molar-refractivity contribution in [3.63, 3.8) is 0 Å². The van der Waals surface area contributed by atoms with E-state index in [1.54, 1.807) is 10.4 Å². The Kier molecular flexibility index (Phi) is 3.70. The Morgan fingerprint density at radius 1 is 1.29 bits per heavy atom. The zero-order valence-electron chi connectivity index (χ0n) is 11.2.